The molecule has 5 heteroatoms. The van der Waals surface area contributed by atoms with Gasteiger partial charge in [0.1, 0.15) is 0 Å². The lowest BCUT2D eigenvalue weighted by Crippen LogP contribution is -2.41. The molecule has 1 saturated carbocycles. The summed E-state index contributed by atoms with van der Waals surface area (Å²) in [5, 5.41) is 3.32. The average molecular weight is 296 g/mol. The molecule has 0 unspecified atom stereocenters. The van der Waals surface area contributed by atoms with Gasteiger partial charge in [-0.2, -0.15) is 0 Å². The topological polar surface area (TPSA) is 45.2 Å². The van der Waals surface area contributed by atoms with E-state index < -0.39 is 0 Å². The van der Waals surface area contributed by atoms with Gasteiger partial charge >= 0.3 is 0 Å². The Morgan fingerprint density at radius 3 is 2.65 bits per heavy atom. The molecule has 0 atom stereocenters. The molecular weight excluding hydrogens is 274 g/mol. The number of hydrogen-bond acceptors (Lipinski definition) is 3. The second-order valence-electron chi connectivity index (χ2n) is 5.58. The van der Waals surface area contributed by atoms with Crippen molar-refractivity contribution in [3.63, 3.8) is 0 Å². The van der Waals surface area contributed by atoms with Gasteiger partial charge in [0.15, 0.2) is 0 Å². The van der Waals surface area contributed by atoms with Gasteiger partial charge in [0, 0.05) is 30.9 Å². The molecule has 2 aliphatic rings. The molecule has 0 bridgehead atoms. The van der Waals surface area contributed by atoms with Crippen molar-refractivity contribution in [2.24, 2.45) is 5.92 Å². The average Bonchev–Trinajstić information content (AvgIpc) is 3.31. The minimum atomic E-state index is 0. The first-order valence-corrected chi connectivity index (χ1v) is 7.24. The maximum absolute atomic E-state index is 12.7. The Morgan fingerprint density at radius 2 is 2.05 bits per heavy atom. The normalized spacial score (nSPS) is 19.2. The number of nitrogens with one attached hydrogen (secondary N) is 1. The highest BCUT2D eigenvalue weighted by Crippen LogP contribution is 2.31. The Kier molecular flexibility index (Phi) is 5.38. The van der Waals surface area contributed by atoms with Gasteiger partial charge in [-0.05, 0) is 50.4 Å². The smallest absolute Gasteiger partial charge is 0.226 e. The summed E-state index contributed by atoms with van der Waals surface area (Å²) >= 11 is 0. The Labute approximate surface area is 126 Å². The number of piperidine rings is 1. The van der Waals surface area contributed by atoms with Crippen LogP contribution >= 0.6 is 12.4 Å². The number of rotatable bonds is 4. The van der Waals surface area contributed by atoms with Crippen molar-refractivity contribution in [2.75, 3.05) is 13.1 Å². The second-order valence-corrected chi connectivity index (χ2v) is 5.58. The standard InChI is InChI=1S/C15H21N3O.ClH/c19-15(13-5-8-16-9-6-13)18(14-3-4-14)11-12-2-1-7-17-10-12;/h1-2,7,10,13-14,16H,3-6,8-9,11H2;1H. The molecule has 2 heterocycles. The van der Waals surface area contributed by atoms with Crippen LogP contribution < -0.4 is 5.32 Å². The van der Waals surface area contributed by atoms with Crippen molar-refractivity contribution >= 4 is 18.3 Å². The van der Waals surface area contributed by atoms with Crippen LogP contribution in [0.3, 0.4) is 0 Å². The molecule has 0 radical (unpaired) electrons. The number of nitrogens with zero attached hydrogens (tertiary/aromatic N) is 2. The number of pyridine rings is 1. The molecular formula is C15H22ClN3O. The molecule has 4 nitrogen and oxygen atoms in total. The van der Waals surface area contributed by atoms with Gasteiger partial charge in [0.05, 0.1) is 0 Å². The lowest BCUT2D eigenvalue weighted by molar-refractivity contribution is -0.137. The first-order valence-electron chi connectivity index (χ1n) is 7.24. The van der Waals surface area contributed by atoms with Gasteiger partial charge < -0.3 is 10.2 Å². The van der Waals surface area contributed by atoms with Gasteiger partial charge in [-0.3, -0.25) is 9.78 Å². The van der Waals surface area contributed by atoms with Crippen LogP contribution in [0.15, 0.2) is 24.5 Å². The van der Waals surface area contributed by atoms with Crippen LogP contribution in [0, 0.1) is 5.92 Å². The van der Waals surface area contributed by atoms with Crippen molar-refractivity contribution in [2.45, 2.75) is 38.3 Å². The van der Waals surface area contributed by atoms with E-state index in [-0.39, 0.29) is 18.3 Å². The molecule has 1 aliphatic carbocycles. The van der Waals surface area contributed by atoms with Crippen LogP contribution in [0.25, 0.3) is 0 Å². The molecule has 3 rings (SSSR count). The molecule has 2 fully saturated rings. The quantitative estimate of drug-likeness (QED) is 0.924. The van der Waals surface area contributed by atoms with E-state index in [0.717, 1.165) is 50.9 Å². The molecule has 0 spiro atoms. The Bertz CT molecular complexity index is 430. The molecule has 1 aliphatic heterocycles. The molecule has 1 aromatic heterocycles. The van der Waals surface area contributed by atoms with Gasteiger partial charge in [-0.25, -0.2) is 0 Å². The fourth-order valence-corrected chi connectivity index (χ4v) is 2.76. The predicted molar refractivity (Wildman–Crippen MR) is 80.7 cm³/mol. The van der Waals surface area contributed by atoms with Crippen molar-refractivity contribution < 1.29 is 4.79 Å². The molecule has 20 heavy (non-hydrogen) atoms. The van der Waals surface area contributed by atoms with E-state index in [1.165, 1.54) is 0 Å². The zero-order valence-electron chi connectivity index (χ0n) is 11.6. The van der Waals surface area contributed by atoms with E-state index in [0.29, 0.717) is 11.9 Å². The molecule has 1 amide bonds. The number of carbonyl (C=O) groups is 1. The summed E-state index contributed by atoms with van der Waals surface area (Å²) < 4.78 is 0. The molecule has 110 valence electrons. The summed E-state index contributed by atoms with van der Waals surface area (Å²) in [7, 11) is 0. The van der Waals surface area contributed by atoms with Crippen LogP contribution in [0.5, 0.6) is 0 Å². The van der Waals surface area contributed by atoms with E-state index in [1.807, 2.05) is 12.3 Å². The van der Waals surface area contributed by atoms with E-state index in [4.69, 9.17) is 0 Å². The number of amides is 1. The molecule has 1 saturated heterocycles. The highest BCUT2D eigenvalue weighted by molar-refractivity contribution is 5.85. The Balaban J connectivity index is 0.00000147. The molecule has 1 N–H and O–H groups in total. The predicted octanol–water partition coefficient (Wildman–Crippen LogP) is 1.99. The van der Waals surface area contributed by atoms with Gasteiger partial charge in [-0.1, -0.05) is 6.07 Å². The lowest BCUT2D eigenvalue weighted by Gasteiger charge is -2.29. The summed E-state index contributed by atoms with van der Waals surface area (Å²) in [5.74, 6) is 0.575. The van der Waals surface area contributed by atoms with Crippen molar-refractivity contribution in [3.05, 3.63) is 30.1 Å². The van der Waals surface area contributed by atoms with Crippen molar-refractivity contribution in [1.82, 2.24) is 15.2 Å². The highest BCUT2D eigenvalue weighted by Gasteiger charge is 2.36. The molecule has 1 aromatic rings. The summed E-state index contributed by atoms with van der Waals surface area (Å²) in [4.78, 5) is 18.9. The maximum atomic E-state index is 12.7. The van der Waals surface area contributed by atoms with Crippen LogP contribution in [-0.4, -0.2) is 34.9 Å². The first kappa shape index (κ1) is 15.3. The van der Waals surface area contributed by atoms with Gasteiger partial charge in [0.25, 0.3) is 0 Å². The van der Waals surface area contributed by atoms with Crippen LogP contribution in [-0.2, 0) is 11.3 Å². The summed E-state index contributed by atoms with van der Waals surface area (Å²) in [5.41, 5.74) is 1.14. The number of hydrogen-bond donors (Lipinski definition) is 1. The zero-order chi connectivity index (χ0) is 13.1. The minimum absolute atomic E-state index is 0. The van der Waals surface area contributed by atoms with E-state index in [2.05, 4.69) is 21.3 Å². The SMILES string of the molecule is Cl.O=C(C1CCNCC1)N(Cc1cccnc1)C1CC1. The second kappa shape index (κ2) is 7.04. The fraction of sp³-hybridized carbons (Fsp3) is 0.600. The van der Waals surface area contributed by atoms with E-state index >= 15 is 0 Å². The summed E-state index contributed by atoms with van der Waals surface area (Å²) in [6.45, 7) is 2.67. The van der Waals surface area contributed by atoms with Crippen LogP contribution in [0.2, 0.25) is 0 Å². The summed E-state index contributed by atoms with van der Waals surface area (Å²) in [6.07, 6.45) is 7.93. The third-order valence-corrected chi connectivity index (χ3v) is 4.03. The number of carbonyl (C=O) groups excluding carboxylic acids is 1. The van der Waals surface area contributed by atoms with Gasteiger partial charge in [0.2, 0.25) is 5.91 Å². The van der Waals surface area contributed by atoms with Crippen molar-refractivity contribution in [1.29, 1.82) is 0 Å². The molecule has 0 aromatic carbocycles. The van der Waals surface area contributed by atoms with Crippen LogP contribution in [0.4, 0.5) is 0 Å². The number of aromatic nitrogens is 1. The van der Waals surface area contributed by atoms with E-state index in [1.54, 1.807) is 6.20 Å². The summed E-state index contributed by atoms with van der Waals surface area (Å²) in [6, 6.07) is 4.47. The highest BCUT2D eigenvalue weighted by atomic mass is 35.5. The van der Waals surface area contributed by atoms with E-state index in [9.17, 15) is 4.79 Å². The number of halogens is 1. The van der Waals surface area contributed by atoms with Crippen LogP contribution in [0.1, 0.15) is 31.2 Å². The first-order chi connectivity index (χ1) is 9.34. The van der Waals surface area contributed by atoms with Crippen molar-refractivity contribution in [3.8, 4) is 0 Å². The fourth-order valence-electron chi connectivity index (χ4n) is 2.76. The maximum Gasteiger partial charge on any atom is 0.226 e. The third-order valence-electron chi connectivity index (χ3n) is 4.03. The Morgan fingerprint density at radius 1 is 1.30 bits per heavy atom. The third kappa shape index (κ3) is 3.70. The Hall–Kier alpha value is -1.13. The van der Waals surface area contributed by atoms with Gasteiger partial charge in [-0.15, -0.1) is 12.4 Å². The largest absolute Gasteiger partial charge is 0.335 e. The lowest BCUT2D eigenvalue weighted by atomic mass is 9.96. The minimum Gasteiger partial charge on any atom is -0.335 e. The zero-order valence-corrected chi connectivity index (χ0v) is 12.4. The monoisotopic (exact) mass is 295 g/mol.